The molecule has 0 radical (unpaired) electrons. The van der Waals surface area contributed by atoms with Gasteiger partial charge in [0.15, 0.2) is 11.5 Å². The topological polar surface area (TPSA) is 62.3 Å². The van der Waals surface area contributed by atoms with E-state index in [4.69, 9.17) is 9.47 Å². The molecule has 0 N–H and O–H groups in total. The van der Waals surface area contributed by atoms with E-state index in [1.165, 1.54) is 0 Å². The highest BCUT2D eigenvalue weighted by Crippen LogP contribution is 2.28. The number of benzene rings is 1. The number of hydrogen-bond acceptors (Lipinski definition) is 5. The van der Waals surface area contributed by atoms with Crippen LogP contribution in [0.25, 0.3) is 0 Å². The van der Waals surface area contributed by atoms with Gasteiger partial charge in [0.05, 0.1) is 20.1 Å². The van der Waals surface area contributed by atoms with Crippen molar-refractivity contribution >= 4 is 11.8 Å². The number of carbonyl (C=O) groups excluding carboxylic acids is 2. The summed E-state index contributed by atoms with van der Waals surface area (Å²) in [7, 11) is 5.29. The zero-order chi connectivity index (χ0) is 19.4. The first-order valence-corrected chi connectivity index (χ1v) is 9.48. The lowest BCUT2D eigenvalue weighted by Gasteiger charge is -2.33. The Morgan fingerprint density at radius 2 is 1.81 bits per heavy atom. The Labute approximate surface area is 160 Å². The highest BCUT2D eigenvalue weighted by molar-refractivity contribution is 5.89. The van der Waals surface area contributed by atoms with Gasteiger partial charge in [0, 0.05) is 45.7 Å². The number of nitrogens with zero attached hydrogens (tertiary/aromatic N) is 3. The molecule has 0 saturated carbocycles. The van der Waals surface area contributed by atoms with Crippen molar-refractivity contribution in [1.29, 1.82) is 0 Å². The van der Waals surface area contributed by atoms with Gasteiger partial charge in [0.1, 0.15) is 0 Å². The molecule has 1 atom stereocenters. The molecule has 2 aliphatic heterocycles. The number of carbonyl (C=O) groups is 2. The van der Waals surface area contributed by atoms with E-state index in [1.807, 2.05) is 28.0 Å². The fourth-order valence-corrected chi connectivity index (χ4v) is 3.74. The third kappa shape index (κ3) is 4.53. The lowest BCUT2D eigenvalue weighted by molar-refractivity contribution is -0.137. The van der Waals surface area contributed by atoms with Crippen molar-refractivity contribution in [2.45, 2.75) is 12.8 Å². The summed E-state index contributed by atoms with van der Waals surface area (Å²) in [4.78, 5) is 31.0. The second-order valence-corrected chi connectivity index (χ2v) is 7.31. The van der Waals surface area contributed by atoms with Crippen LogP contribution in [0.4, 0.5) is 0 Å². The normalized spacial score (nSPS) is 20.9. The fourth-order valence-electron chi connectivity index (χ4n) is 3.74. The molecular formula is C20H29N3O4. The zero-order valence-electron chi connectivity index (χ0n) is 16.4. The van der Waals surface area contributed by atoms with Crippen LogP contribution in [0, 0.1) is 5.92 Å². The molecule has 1 aromatic rings. The van der Waals surface area contributed by atoms with Crippen molar-refractivity contribution in [2.24, 2.45) is 5.92 Å². The Morgan fingerprint density at radius 3 is 2.48 bits per heavy atom. The molecule has 148 valence electrons. The van der Waals surface area contributed by atoms with Gasteiger partial charge in [0.25, 0.3) is 0 Å². The summed E-state index contributed by atoms with van der Waals surface area (Å²) in [5.41, 5.74) is 1.08. The van der Waals surface area contributed by atoms with Crippen molar-refractivity contribution in [2.75, 3.05) is 60.5 Å². The van der Waals surface area contributed by atoms with Crippen LogP contribution in [-0.2, 0) is 16.0 Å². The molecule has 0 unspecified atom stereocenters. The molecule has 27 heavy (non-hydrogen) atoms. The molecule has 0 spiro atoms. The Hall–Kier alpha value is -2.28. The van der Waals surface area contributed by atoms with Crippen molar-refractivity contribution in [3.8, 4) is 11.5 Å². The van der Waals surface area contributed by atoms with Crippen LogP contribution in [0.1, 0.15) is 12.0 Å². The molecule has 7 heteroatoms. The Morgan fingerprint density at radius 1 is 1.11 bits per heavy atom. The van der Waals surface area contributed by atoms with E-state index in [9.17, 15) is 9.59 Å². The Bertz CT molecular complexity index is 686. The van der Waals surface area contributed by atoms with Crippen molar-refractivity contribution in [1.82, 2.24) is 14.7 Å². The molecule has 0 bridgehead atoms. The molecular weight excluding hydrogens is 346 g/mol. The second-order valence-electron chi connectivity index (χ2n) is 7.31. The summed E-state index contributed by atoms with van der Waals surface area (Å²) in [6, 6.07) is 5.79. The van der Waals surface area contributed by atoms with E-state index in [0.717, 1.165) is 38.2 Å². The minimum Gasteiger partial charge on any atom is -0.493 e. The van der Waals surface area contributed by atoms with Gasteiger partial charge in [-0.05, 0) is 31.2 Å². The molecule has 1 aromatic carbocycles. The number of methoxy groups -OCH3 is 2. The SMILES string of the molecule is COc1ccc(CCN2C[C@H](C(=O)N3CCN(C)CC3)CC2=O)cc1OC. The first kappa shape index (κ1) is 19.5. The number of ether oxygens (including phenoxy) is 2. The quantitative estimate of drug-likeness (QED) is 0.738. The van der Waals surface area contributed by atoms with Crippen LogP contribution >= 0.6 is 0 Å². The van der Waals surface area contributed by atoms with Gasteiger partial charge in [-0.3, -0.25) is 9.59 Å². The third-order valence-electron chi connectivity index (χ3n) is 5.50. The minimum absolute atomic E-state index is 0.0722. The number of piperazine rings is 1. The van der Waals surface area contributed by atoms with E-state index in [1.54, 1.807) is 14.2 Å². The Balaban J connectivity index is 1.54. The number of likely N-dealkylation sites (tertiary alicyclic amines) is 1. The smallest absolute Gasteiger partial charge is 0.228 e. The van der Waals surface area contributed by atoms with Gasteiger partial charge in [-0.1, -0.05) is 6.07 Å². The summed E-state index contributed by atoms with van der Waals surface area (Å²) in [5, 5.41) is 0. The predicted molar refractivity (Wildman–Crippen MR) is 102 cm³/mol. The van der Waals surface area contributed by atoms with E-state index in [0.29, 0.717) is 31.0 Å². The van der Waals surface area contributed by atoms with Crippen LogP contribution in [0.3, 0.4) is 0 Å². The lowest BCUT2D eigenvalue weighted by atomic mass is 10.1. The zero-order valence-corrected chi connectivity index (χ0v) is 16.4. The van der Waals surface area contributed by atoms with Crippen LogP contribution in [0.2, 0.25) is 0 Å². The Kier molecular flexibility index (Phi) is 6.21. The molecule has 2 heterocycles. The lowest BCUT2D eigenvalue weighted by Crippen LogP contribution is -2.49. The van der Waals surface area contributed by atoms with E-state index >= 15 is 0 Å². The van der Waals surface area contributed by atoms with Crippen LogP contribution in [0.5, 0.6) is 11.5 Å². The van der Waals surface area contributed by atoms with Crippen molar-refractivity contribution < 1.29 is 19.1 Å². The maximum Gasteiger partial charge on any atom is 0.228 e. The summed E-state index contributed by atoms with van der Waals surface area (Å²) in [6.07, 6.45) is 1.05. The van der Waals surface area contributed by atoms with Gasteiger partial charge < -0.3 is 24.2 Å². The summed E-state index contributed by atoms with van der Waals surface area (Å²) in [5.74, 6) is 1.38. The molecule has 0 aliphatic carbocycles. The predicted octanol–water partition coefficient (Wildman–Crippen LogP) is 0.869. The standard InChI is InChI=1S/C20H29N3O4/c1-21-8-10-22(11-9-21)20(25)16-13-19(24)23(14-16)7-6-15-4-5-17(26-2)18(12-15)27-3/h4-5,12,16H,6-11,13-14H2,1-3H3/t16-/m1/s1. The molecule has 2 fully saturated rings. The van der Waals surface area contributed by atoms with Crippen LogP contribution < -0.4 is 9.47 Å². The maximum absolute atomic E-state index is 12.7. The molecule has 2 aliphatic rings. The number of rotatable bonds is 6. The fraction of sp³-hybridized carbons (Fsp3) is 0.600. The van der Waals surface area contributed by atoms with Crippen LogP contribution in [0.15, 0.2) is 18.2 Å². The molecule has 2 amide bonds. The first-order chi connectivity index (χ1) is 13.0. The average molecular weight is 375 g/mol. The van der Waals surface area contributed by atoms with Crippen molar-refractivity contribution in [3.63, 3.8) is 0 Å². The highest BCUT2D eigenvalue weighted by Gasteiger charge is 2.36. The molecule has 3 rings (SSSR count). The number of likely N-dealkylation sites (N-methyl/N-ethyl adjacent to an activating group) is 1. The third-order valence-corrected chi connectivity index (χ3v) is 5.50. The minimum atomic E-state index is -0.202. The molecule has 7 nitrogen and oxygen atoms in total. The van der Waals surface area contributed by atoms with E-state index < -0.39 is 0 Å². The summed E-state index contributed by atoms with van der Waals surface area (Å²) < 4.78 is 10.6. The first-order valence-electron chi connectivity index (χ1n) is 9.48. The van der Waals surface area contributed by atoms with Gasteiger partial charge in [-0.25, -0.2) is 0 Å². The molecule has 0 aromatic heterocycles. The number of hydrogen-bond donors (Lipinski definition) is 0. The summed E-state index contributed by atoms with van der Waals surface area (Å²) in [6.45, 7) is 4.44. The van der Waals surface area contributed by atoms with Gasteiger partial charge in [0.2, 0.25) is 11.8 Å². The van der Waals surface area contributed by atoms with Crippen molar-refractivity contribution in [3.05, 3.63) is 23.8 Å². The van der Waals surface area contributed by atoms with Gasteiger partial charge in [-0.15, -0.1) is 0 Å². The largest absolute Gasteiger partial charge is 0.493 e. The van der Waals surface area contributed by atoms with Crippen LogP contribution in [-0.4, -0.2) is 87.0 Å². The second kappa shape index (κ2) is 8.61. The number of amides is 2. The van der Waals surface area contributed by atoms with E-state index in [2.05, 4.69) is 11.9 Å². The van der Waals surface area contributed by atoms with Gasteiger partial charge in [-0.2, -0.15) is 0 Å². The highest BCUT2D eigenvalue weighted by atomic mass is 16.5. The summed E-state index contributed by atoms with van der Waals surface area (Å²) >= 11 is 0. The molecule has 2 saturated heterocycles. The van der Waals surface area contributed by atoms with Gasteiger partial charge >= 0.3 is 0 Å². The average Bonchev–Trinajstić information content (AvgIpc) is 3.06. The monoisotopic (exact) mass is 375 g/mol. The maximum atomic E-state index is 12.7. The van der Waals surface area contributed by atoms with E-state index in [-0.39, 0.29) is 17.7 Å².